The second-order valence-electron chi connectivity index (χ2n) is 6.89. The Morgan fingerprint density at radius 2 is 1.95 bits per heavy atom. The highest BCUT2D eigenvalue weighted by atomic mass is 16.3. The minimum Gasteiger partial charge on any atom is -0.396 e. The van der Waals surface area contributed by atoms with Gasteiger partial charge in [-0.05, 0) is 31.1 Å². The monoisotopic (exact) mass is 266 g/mol. The molecule has 4 nitrogen and oxygen atoms in total. The average molecular weight is 266 g/mol. The van der Waals surface area contributed by atoms with E-state index in [9.17, 15) is 9.90 Å². The number of carbonyl (C=O) groups excluding carboxylic acids is 1. The fourth-order valence-corrected chi connectivity index (χ4v) is 3.52. The van der Waals surface area contributed by atoms with E-state index in [2.05, 4.69) is 10.6 Å². The quantitative estimate of drug-likeness (QED) is 0.713. The van der Waals surface area contributed by atoms with E-state index < -0.39 is 0 Å². The molecule has 0 bridgehead atoms. The maximum Gasteiger partial charge on any atom is 0.315 e. The topological polar surface area (TPSA) is 61.4 Å². The van der Waals surface area contributed by atoms with E-state index in [4.69, 9.17) is 0 Å². The van der Waals surface area contributed by atoms with E-state index in [1.165, 1.54) is 38.5 Å². The van der Waals surface area contributed by atoms with Gasteiger partial charge >= 0.3 is 6.03 Å². The zero-order valence-corrected chi connectivity index (χ0v) is 11.7. The van der Waals surface area contributed by atoms with Crippen LogP contribution in [0.2, 0.25) is 0 Å². The zero-order chi connectivity index (χ0) is 13.3. The molecular weight excluding hydrogens is 240 g/mol. The van der Waals surface area contributed by atoms with Gasteiger partial charge in [0.25, 0.3) is 0 Å². The Balaban J connectivity index is 1.35. The SMILES string of the molecule is O=C(NCC1(CO)CC1)N[C@H]1C[C@@H]1C1CCCCC1. The van der Waals surface area contributed by atoms with Crippen LogP contribution in [0.3, 0.4) is 0 Å². The van der Waals surface area contributed by atoms with Crippen LogP contribution < -0.4 is 10.6 Å². The molecule has 3 rings (SSSR count). The summed E-state index contributed by atoms with van der Waals surface area (Å²) in [5, 5.41) is 15.2. The smallest absolute Gasteiger partial charge is 0.315 e. The van der Waals surface area contributed by atoms with E-state index in [1.807, 2.05) is 0 Å². The Labute approximate surface area is 115 Å². The summed E-state index contributed by atoms with van der Waals surface area (Å²) in [6, 6.07) is 0.371. The molecular formula is C15H26N2O2. The zero-order valence-electron chi connectivity index (χ0n) is 11.7. The van der Waals surface area contributed by atoms with Gasteiger partial charge in [0, 0.05) is 18.0 Å². The van der Waals surface area contributed by atoms with Crippen LogP contribution in [-0.2, 0) is 0 Å². The molecule has 0 aliphatic heterocycles. The highest BCUT2D eigenvalue weighted by molar-refractivity contribution is 5.74. The maximum atomic E-state index is 11.8. The third-order valence-corrected chi connectivity index (χ3v) is 5.33. The highest BCUT2D eigenvalue weighted by Gasteiger charge is 2.45. The fourth-order valence-electron chi connectivity index (χ4n) is 3.52. The summed E-state index contributed by atoms with van der Waals surface area (Å²) in [6.07, 6.45) is 10.1. The van der Waals surface area contributed by atoms with Crippen molar-refractivity contribution in [2.75, 3.05) is 13.2 Å². The minimum atomic E-state index is -0.0389. The predicted molar refractivity (Wildman–Crippen MR) is 73.8 cm³/mol. The lowest BCUT2D eigenvalue weighted by Gasteiger charge is -2.21. The first-order chi connectivity index (χ1) is 9.22. The molecule has 3 saturated carbocycles. The molecule has 0 heterocycles. The first-order valence-corrected chi connectivity index (χ1v) is 7.88. The molecule has 0 radical (unpaired) electrons. The van der Waals surface area contributed by atoms with Crippen molar-refractivity contribution in [2.45, 2.75) is 57.4 Å². The molecule has 0 unspecified atom stereocenters. The predicted octanol–water partition coefficient (Wildman–Crippen LogP) is 2.03. The summed E-state index contributed by atoms with van der Waals surface area (Å²) >= 11 is 0. The van der Waals surface area contributed by atoms with Gasteiger partial charge in [-0.15, -0.1) is 0 Å². The molecule has 0 spiro atoms. The van der Waals surface area contributed by atoms with Crippen LogP contribution in [0, 0.1) is 17.3 Å². The lowest BCUT2D eigenvalue weighted by Crippen LogP contribution is -2.41. The van der Waals surface area contributed by atoms with Gasteiger partial charge in [0.15, 0.2) is 0 Å². The lowest BCUT2D eigenvalue weighted by atomic mass is 9.85. The van der Waals surface area contributed by atoms with Crippen LogP contribution in [0.5, 0.6) is 0 Å². The molecule has 4 heteroatoms. The lowest BCUT2D eigenvalue weighted by molar-refractivity contribution is 0.202. The molecule has 0 aromatic carbocycles. The maximum absolute atomic E-state index is 11.8. The van der Waals surface area contributed by atoms with Crippen molar-refractivity contribution in [3.63, 3.8) is 0 Å². The summed E-state index contributed by atoms with van der Waals surface area (Å²) in [5.41, 5.74) is 0.00363. The second-order valence-corrected chi connectivity index (χ2v) is 6.89. The van der Waals surface area contributed by atoms with E-state index in [-0.39, 0.29) is 18.1 Å². The van der Waals surface area contributed by atoms with Crippen molar-refractivity contribution in [3.8, 4) is 0 Å². The normalized spacial score (nSPS) is 32.7. The largest absolute Gasteiger partial charge is 0.396 e. The molecule has 3 N–H and O–H groups in total. The molecule has 0 saturated heterocycles. The van der Waals surface area contributed by atoms with Gasteiger partial charge < -0.3 is 15.7 Å². The van der Waals surface area contributed by atoms with E-state index in [0.29, 0.717) is 12.6 Å². The number of aliphatic hydroxyl groups is 1. The summed E-state index contributed by atoms with van der Waals surface area (Å²) < 4.78 is 0. The molecule has 0 aromatic rings. The number of amides is 2. The summed E-state index contributed by atoms with van der Waals surface area (Å²) in [6.45, 7) is 0.817. The van der Waals surface area contributed by atoms with Gasteiger partial charge in [0.1, 0.15) is 0 Å². The van der Waals surface area contributed by atoms with Gasteiger partial charge in [-0.25, -0.2) is 4.79 Å². The molecule has 3 aliphatic carbocycles. The molecule has 2 amide bonds. The van der Waals surface area contributed by atoms with Crippen molar-refractivity contribution in [3.05, 3.63) is 0 Å². The van der Waals surface area contributed by atoms with Crippen molar-refractivity contribution >= 4 is 6.03 Å². The summed E-state index contributed by atoms with van der Waals surface area (Å²) in [5.74, 6) is 1.59. The van der Waals surface area contributed by atoms with Crippen molar-refractivity contribution < 1.29 is 9.90 Å². The van der Waals surface area contributed by atoms with Gasteiger partial charge in [0.2, 0.25) is 0 Å². The highest BCUT2D eigenvalue weighted by Crippen LogP contribution is 2.45. The molecule has 2 atom stereocenters. The Morgan fingerprint density at radius 3 is 2.58 bits per heavy atom. The molecule has 108 valence electrons. The number of rotatable bonds is 5. The number of hydrogen-bond donors (Lipinski definition) is 3. The van der Waals surface area contributed by atoms with Crippen molar-refractivity contribution in [1.29, 1.82) is 0 Å². The Hall–Kier alpha value is -0.770. The first-order valence-electron chi connectivity index (χ1n) is 7.88. The number of nitrogens with one attached hydrogen (secondary N) is 2. The van der Waals surface area contributed by atoms with Crippen LogP contribution in [0.1, 0.15) is 51.4 Å². The third-order valence-electron chi connectivity index (χ3n) is 5.33. The van der Waals surface area contributed by atoms with Crippen LogP contribution in [0.25, 0.3) is 0 Å². The molecule has 19 heavy (non-hydrogen) atoms. The molecule has 3 fully saturated rings. The van der Waals surface area contributed by atoms with Gasteiger partial charge in [-0.1, -0.05) is 32.1 Å². The van der Waals surface area contributed by atoms with Crippen LogP contribution in [0.4, 0.5) is 4.79 Å². The molecule has 0 aromatic heterocycles. The fraction of sp³-hybridized carbons (Fsp3) is 0.933. The van der Waals surface area contributed by atoms with Crippen molar-refractivity contribution in [2.24, 2.45) is 17.3 Å². The minimum absolute atomic E-state index is 0.00363. The Morgan fingerprint density at radius 1 is 1.21 bits per heavy atom. The average Bonchev–Trinajstić information content (AvgIpc) is 3.34. The van der Waals surface area contributed by atoms with E-state index in [1.54, 1.807) is 0 Å². The van der Waals surface area contributed by atoms with Crippen molar-refractivity contribution in [1.82, 2.24) is 10.6 Å². The number of hydrogen-bond acceptors (Lipinski definition) is 2. The Bertz CT molecular complexity index is 335. The van der Waals surface area contributed by atoms with Gasteiger partial charge in [-0.2, -0.15) is 0 Å². The van der Waals surface area contributed by atoms with E-state index in [0.717, 1.165) is 24.7 Å². The Kier molecular flexibility index (Phi) is 3.70. The summed E-state index contributed by atoms with van der Waals surface area (Å²) in [7, 11) is 0. The van der Waals surface area contributed by atoms with Crippen LogP contribution in [0.15, 0.2) is 0 Å². The molecule has 3 aliphatic rings. The summed E-state index contributed by atoms with van der Waals surface area (Å²) in [4.78, 5) is 11.8. The number of carbonyl (C=O) groups is 1. The second kappa shape index (κ2) is 5.31. The number of urea groups is 1. The van der Waals surface area contributed by atoms with Crippen LogP contribution >= 0.6 is 0 Å². The number of aliphatic hydroxyl groups excluding tert-OH is 1. The van der Waals surface area contributed by atoms with Crippen LogP contribution in [-0.4, -0.2) is 30.3 Å². The third kappa shape index (κ3) is 3.22. The standard InChI is InChI=1S/C15H26N2O2/c18-10-15(6-7-15)9-16-14(19)17-13-8-12(13)11-4-2-1-3-5-11/h11-13,18H,1-10H2,(H2,16,17,19)/t12-,13+/m1/s1. The van der Waals surface area contributed by atoms with Gasteiger partial charge in [-0.3, -0.25) is 0 Å². The van der Waals surface area contributed by atoms with Gasteiger partial charge in [0.05, 0.1) is 6.61 Å². The van der Waals surface area contributed by atoms with E-state index >= 15 is 0 Å². The first kappa shape index (κ1) is 13.2.